The molecule has 0 aliphatic carbocycles. The first-order chi connectivity index (χ1) is 13.6. The molecule has 2 heterocycles. The number of methoxy groups -OCH3 is 1. The highest BCUT2D eigenvalue weighted by molar-refractivity contribution is 7.22. The van der Waals surface area contributed by atoms with Crippen LogP contribution in [0.25, 0.3) is 10.2 Å². The van der Waals surface area contributed by atoms with E-state index in [1.165, 1.54) is 42.0 Å². The highest BCUT2D eigenvalue weighted by Crippen LogP contribution is 2.32. The van der Waals surface area contributed by atoms with Crippen LogP contribution in [-0.2, 0) is 0 Å². The molecule has 8 heteroatoms. The summed E-state index contributed by atoms with van der Waals surface area (Å²) in [6.45, 7) is 0. The van der Waals surface area contributed by atoms with Crippen molar-refractivity contribution in [2.75, 3.05) is 12.1 Å². The highest BCUT2D eigenvalue weighted by Gasteiger charge is 2.21. The molecule has 6 nitrogen and oxygen atoms in total. The highest BCUT2D eigenvalue weighted by atomic mass is 32.1. The van der Waals surface area contributed by atoms with Crippen LogP contribution < -0.4 is 9.75 Å². The van der Waals surface area contributed by atoms with Gasteiger partial charge in [0, 0.05) is 5.56 Å². The molecule has 0 aliphatic heterocycles. The van der Waals surface area contributed by atoms with E-state index >= 15 is 0 Å². The number of aromatic nitrogens is 1. The van der Waals surface area contributed by atoms with Gasteiger partial charge in [0.25, 0.3) is 5.91 Å². The minimum Gasteiger partial charge on any atom is -0.497 e. The molecule has 0 aliphatic rings. The average molecular weight is 395 g/mol. The molecule has 2 aromatic heterocycles. The molecule has 0 atom stereocenters. The minimum absolute atomic E-state index is 0.161. The largest absolute Gasteiger partial charge is 0.497 e. The lowest BCUT2D eigenvalue weighted by molar-refractivity contribution is 0.0987. The molecule has 0 spiro atoms. The number of carbonyl (C=O) groups excluding carboxylic acids is 1. The Balaban J connectivity index is 1.77. The Labute approximate surface area is 163 Å². The fourth-order valence-corrected chi connectivity index (χ4v) is 3.47. The maximum Gasteiger partial charge on any atom is 0.280 e. The lowest BCUT2D eigenvalue weighted by atomic mass is 10.2. The quantitative estimate of drug-likeness (QED) is 0.362. The van der Waals surface area contributed by atoms with Crippen molar-refractivity contribution in [1.29, 1.82) is 0 Å². The van der Waals surface area contributed by atoms with Gasteiger partial charge in [-0.3, -0.25) is 4.79 Å². The second-order valence-electron chi connectivity index (χ2n) is 5.72. The van der Waals surface area contributed by atoms with Crippen LogP contribution in [0.15, 0.2) is 70.4 Å². The number of thiazole rings is 1. The molecule has 0 radical (unpaired) electrons. The fraction of sp³-hybridized carbons (Fsp3) is 0.0500. The molecule has 1 amide bonds. The number of carbonyl (C=O) groups is 1. The molecular weight excluding hydrogens is 381 g/mol. The number of hydrazone groups is 1. The second kappa shape index (κ2) is 7.61. The third-order valence-electron chi connectivity index (χ3n) is 3.87. The van der Waals surface area contributed by atoms with Gasteiger partial charge in [0.2, 0.25) is 5.13 Å². The molecule has 0 saturated heterocycles. The Bertz CT molecular complexity index is 1150. The second-order valence-corrected chi connectivity index (χ2v) is 6.73. The van der Waals surface area contributed by atoms with Crippen LogP contribution in [0.2, 0.25) is 0 Å². The van der Waals surface area contributed by atoms with E-state index in [-0.39, 0.29) is 5.56 Å². The van der Waals surface area contributed by atoms with Gasteiger partial charge in [0.05, 0.1) is 29.8 Å². The summed E-state index contributed by atoms with van der Waals surface area (Å²) >= 11 is 1.28. The van der Waals surface area contributed by atoms with Gasteiger partial charge in [-0.15, -0.1) is 0 Å². The molecule has 0 bridgehead atoms. The number of ether oxygens (including phenoxy) is 1. The zero-order valence-corrected chi connectivity index (χ0v) is 15.5. The lowest BCUT2D eigenvalue weighted by Gasteiger charge is -2.13. The van der Waals surface area contributed by atoms with E-state index in [9.17, 15) is 9.18 Å². The summed E-state index contributed by atoms with van der Waals surface area (Å²) in [7, 11) is 1.58. The fourth-order valence-electron chi connectivity index (χ4n) is 2.52. The topological polar surface area (TPSA) is 67.9 Å². The van der Waals surface area contributed by atoms with Gasteiger partial charge in [0.1, 0.15) is 17.3 Å². The first-order valence-corrected chi connectivity index (χ1v) is 9.08. The number of benzene rings is 2. The number of hydrogen-bond donors (Lipinski definition) is 0. The summed E-state index contributed by atoms with van der Waals surface area (Å²) in [5.74, 6) is 0.146. The summed E-state index contributed by atoms with van der Waals surface area (Å²) < 4.78 is 24.9. The summed E-state index contributed by atoms with van der Waals surface area (Å²) in [4.78, 5) is 17.5. The third-order valence-corrected chi connectivity index (χ3v) is 4.87. The molecule has 0 fully saturated rings. The maximum absolute atomic E-state index is 13.6. The van der Waals surface area contributed by atoms with Crippen LogP contribution in [0.1, 0.15) is 16.1 Å². The SMILES string of the molecule is COc1ccc2nc(N(/N=C/c3ccco3)C(=O)c3cccc(F)c3)sc2c1. The number of nitrogens with zero attached hydrogens (tertiary/aromatic N) is 3. The van der Waals surface area contributed by atoms with E-state index in [2.05, 4.69) is 10.1 Å². The molecule has 28 heavy (non-hydrogen) atoms. The van der Waals surface area contributed by atoms with Crippen molar-refractivity contribution < 1.29 is 18.3 Å². The van der Waals surface area contributed by atoms with Gasteiger partial charge in [-0.1, -0.05) is 17.4 Å². The third kappa shape index (κ3) is 3.63. The number of furan rings is 1. The van der Waals surface area contributed by atoms with Gasteiger partial charge < -0.3 is 9.15 Å². The lowest BCUT2D eigenvalue weighted by Crippen LogP contribution is -2.25. The van der Waals surface area contributed by atoms with Crippen molar-refractivity contribution >= 4 is 38.8 Å². The van der Waals surface area contributed by atoms with Gasteiger partial charge in [0.15, 0.2) is 0 Å². The van der Waals surface area contributed by atoms with E-state index in [1.54, 1.807) is 31.4 Å². The van der Waals surface area contributed by atoms with Crippen LogP contribution >= 0.6 is 11.3 Å². The van der Waals surface area contributed by atoms with Crippen molar-refractivity contribution in [3.63, 3.8) is 0 Å². The van der Waals surface area contributed by atoms with Crippen molar-refractivity contribution in [3.05, 3.63) is 78.0 Å². The number of anilines is 1. The Hall–Kier alpha value is -3.52. The minimum atomic E-state index is -0.506. The molecule has 0 unspecified atom stereocenters. The van der Waals surface area contributed by atoms with Crippen molar-refractivity contribution in [3.8, 4) is 5.75 Å². The first kappa shape index (κ1) is 17.9. The Kier molecular flexibility index (Phi) is 4.86. The number of amides is 1. The Morgan fingerprint density at radius 1 is 1.25 bits per heavy atom. The van der Waals surface area contributed by atoms with Crippen LogP contribution in [-0.4, -0.2) is 24.2 Å². The number of hydrogen-bond acceptors (Lipinski definition) is 6. The van der Waals surface area contributed by atoms with Crippen molar-refractivity contribution in [1.82, 2.24) is 4.98 Å². The molecular formula is C20H14FN3O3S. The normalized spacial score (nSPS) is 11.2. The monoisotopic (exact) mass is 395 g/mol. The van der Waals surface area contributed by atoms with E-state index in [0.717, 1.165) is 15.8 Å². The van der Waals surface area contributed by atoms with Gasteiger partial charge in [-0.2, -0.15) is 10.1 Å². The molecule has 4 aromatic rings. The maximum atomic E-state index is 13.6. The summed E-state index contributed by atoms with van der Waals surface area (Å²) in [5, 5.41) is 5.72. The van der Waals surface area contributed by atoms with Gasteiger partial charge in [-0.05, 0) is 48.5 Å². The predicted molar refractivity (Wildman–Crippen MR) is 106 cm³/mol. The van der Waals surface area contributed by atoms with Crippen LogP contribution in [0.4, 0.5) is 9.52 Å². The molecule has 4 rings (SSSR count). The van der Waals surface area contributed by atoms with E-state index in [0.29, 0.717) is 22.2 Å². The van der Waals surface area contributed by atoms with E-state index < -0.39 is 11.7 Å². The molecule has 2 aromatic carbocycles. The number of halogens is 1. The van der Waals surface area contributed by atoms with Crippen molar-refractivity contribution in [2.24, 2.45) is 5.10 Å². The molecule has 0 saturated carbocycles. The Morgan fingerprint density at radius 2 is 2.14 bits per heavy atom. The summed E-state index contributed by atoms with van der Waals surface area (Å²) in [6, 6.07) is 14.3. The zero-order chi connectivity index (χ0) is 19.5. The average Bonchev–Trinajstić information content (AvgIpc) is 3.37. The van der Waals surface area contributed by atoms with Crippen LogP contribution in [0.3, 0.4) is 0 Å². The molecule has 0 N–H and O–H groups in total. The van der Waals surface area contributed by atoms with E-state index in [1.807, 2.05) is 6.07 Å². The number of fused-ring (bicyclic) bond motifs is 1. The van der Waals surface area contributed by atoms with E-state index in [4.69, 9.17) is 9.15 Å². The van der Waals surface area contributed by atoms with Crippen molar-refractivity contribution in [2.45, 2.75) is 0 Å². The smallest absolute Gasteiger partial charge is 0.280 e. The number of rotatable bonds is 5. The summed E-state index contributed by atoms with van der Waals surface area (Å²) in [6.07, 6.45) is 2.91. The zero-order valence-electron chi connectivity index (χ0n) is 14.7. The predicted octanol–water partition coefficient (Wildman–Crippen LogP) is 4.72. The van der Waals surface area contributed by atoms with Crippen LogP contribution in [0.5, 0.6) is 5.75 Å². The van der Waals surface area contributed by atoms with Gasteiger partial charge in [-0.25, -0.2) is 9.37 Å². The Morgan fingerprint density at radius 3 is 2.89 bits per heavy atom. The standard InChI is InChI=1S/C20H14FN3O3S/c1-26-15-7-8-17-18(11-15)28-20(23-17)24(22-12-16-6-3-9-27-16)19(25)13-4-2-5-14(21)10-13/h2-12H,1H3/b22-12+. The molecule has 140 valence electrons. The first-order valence-electron chi connectivity index (χ1n) is 8.26. The van der Waals surface area contributed by atoms with Crippen LogP contribution in [0, 0.1) is 5.82 Å². The summed E-state index contributed by atoms with van der Waals surface area (Å²) in [5.41, 5.74) is 0.861. The van der Waals surface area contributed by atoms with Gasteiger partial charge >= 0.3 is 0 Å².